The van der Waals surface area contributed by atoms with E-state index in [0.717, 1.165) is 66.4 Å². The first-order valence-corrected chi connectivity index (χ1v) is 28.7. The minimum absolute atomic E-state index is 0.384. The molecule has 380 valence electrons. The van der Waals surface area contributed by atoms with Crippen LogP contribution in [-0.2, 0) is 0 Å². The van der Waals surface area contributed by atoms with Crippen LogP contribution in [0, 0.1) is 40.6 Å². The molecular weight excluding hydrogens is 1020 g/mol. The van der Waals surface area contributed by atoms with Crippen LogP contribution in [0.25, 0.3) is 99.9 Å². The van der Waals surface area contributed by atoms with E-state index in [1.807, 2.05) is 84.9 Å². The molecular formula is C73H44N8Si. The molecule has 0 spiro atoms. The van der Waals surface area contributed by atoms with E-state index in [9.17, 15) is 15.8 Å². The largest absolute Gasteiger partial charge is 0.309 e. The lowest BCUT2D eigenvalue weighted by molar-refractivity contribution is 1.07. The molecule has 0 aliphatic carbocycles. The molecule has 0 bridgehead atoms. The lowest BCUT2D eigenvalue weighted by Gasteiger charge is -2.34. The van der Waals surface area contributed by atoms with Gasteiger partial charge in [0.15, 0.2) is 31.2 Å². The Morgan fingerprint density at radius 1 is 0.354 bits per heavy atom. The fourth-order valence-corrected chi connectivity index (χ4v) is 16.3. The molecule has 0 aliphatic rings. The van der Waals surface area contributed by atoms with Gasteiger partial charge in [-0.1, -0.05) is 231 Å². The van der Waals surface area contributed by atoms with Crippen molar-refractivity contribution in [1.82, 2.24) is 19.5 Å². The van der Waals surface area contributed by atoms with Crippen molar-refractivity contribution in [2.45, 2.75) is 0 Å². The van der Waals surface area contributed by atoms with Gasteiger partial charge in [-0.2, -0.15) is 15.8 Å². The standard InChI is InChI=1S/C73H44N8Si/c1-77-58-34-39-64(57(41-58)48-76)54-32-38-67-66-37-31-53(63-35-30-49(46-74)40-56(63)47-75)43-69(66)81(70(67)44-54)68-45-55(73-79-71(50-18-7-2-8-19-50)78-72(80-73)51-20-9-3-10-21-51)33-36-65(68)52-22-17-29-62(42-52)82(59-23-11-4-12-24-59,60-25-13-5-14-26-60)61-27-15-6-16-28-61/h2-45H. The highest BCUT2D eigenvalue weighted by Crippen LogP contribution is 2.42. The van der Waals surface area contributed by atoms with Crippen molar-refractivity contribution < 1.29 is 0 Å². The molecule has 0 aliphatic heterocycles. The van der Waals surface area contributed by atoms with Crippen LogP contribution in [0.2, 0.25) is 0 Å². The Hall–Kier alpha value is -11.6. The second-order valence-corrected chi connectivity index (χ2v) is 23.7. The first-order valence-electron chi connectivity index (χ1n) is 26.7. The molecule has 0 saturated carbocycles. The summed E-state index contributed by atoms with van der Waals surface area (Å²) in [6.45, 7) is 7.74. The minimum Gasteiger partial charge on any atom is -0.309 e. The fourth-order valence-electron chi connectivity index (χ4n) is 11.5. The van der Waals surface area contributed by atoms with Gasteiger partial charge >= 0.3 is 0 Å². The van der Waals surface area contributed by atoms with Crippen LogP contribution in [0.15, 0.2) is 267 Å². The molecule has 11 aromatic carbocycles. The molecule has 13 rings (SSSR count). The number of fused-ring (bicyclic) bond motifs is 3. The average Bonchev–Trinajstić information content (AvgIpc) is 4.05. The van der Waals surface area contributed by atoms with E-state index in [1.165, 1.54) is 20.7 Å². The smallest absolute Gasteiger partial charge is 0.188 e. The number of hydrogen-bond donors (Lipinski definition) is 0. The zero-order valence-electron chi connectivity index (χ0n) is 44.0. The quantitative estimate of drug-likeness (QED) is 0.0723. The summed E-state index contributed by atoms with van der Waals surface area (Å²) in [5.74, 6) is 1.55. The molecule has 8 nitrogen and oxygen atoms in total. The SMILES string of the molecule is [C-]#[N+]c1ccc(-c2ccc3c4ccc(-c5ccc(C#N)cc5C#N)cc4n(-c4cc(-c5nc(-c6ccccc6)nc(-c6ccccc6)n5)ccc4-c4cccc([Si](c5ccccc5)(c5ccccc5)c5ccccc5)c4)c3c2)c(C#N)c1. The molecule has 0 atom stereocenters. The Labute approximate surface area is 475 Å². The van der Waals surface area contributed by atoms with Gasteiger partial charge in [-0.25, -0.2) is 19.8 Å². The van der Waals surface area contributed by atoms with Gasteiger partial charge in [-0.15, -0.1) is 0 Å². The van der Waals surface area contributed by atoms with E-state index in [0.29, 0.717) is 51.0 Å². The zero-order chi connectivity index (χ0) is 55.6. The van der Waals surface area contributed by atoms with Crippen molar-refractivity contribution in [3.05, 3.63) is 295 Å². The van der Waals surface area contributed by atoms with Gasteiger partial charge in [0.1, 0.15) is 0 Å². The predicted molar refractivity (Wildman–Crippen MR) is 331 cm³/mol. The fraction of sp³-hybridized carbons (Fsp3) is 0. The molecule has 13 aromatic rings. The second kappa shape index (κ2) is 21.3. The first-order chi connectivity index (χ1) is 40.4. The molecule has 9 heteroatoms. The highest BCUT2D eigenvalue weighted by Gasteiger charge is 2.41. The van der Waals surface area contributed by atoms with Crippen molar-refractivity contribution in [2.24, 2.45) is 0 Å². The zero-order valence-corrected chi connectivity index (χ0v) is 45.0. The molecule has 0 radical (unpaired) electrons. The van der Waals surface area contributed by atoms with Crippen LogP contribution in [0.3, 0.4) is 0 Å². The van der Waals surface area contributed by atoms with Crippen molar-refractivity contribution in [3.63, 3.8) is 0 Å². The van der Waals surface area contributed by atoms with Crippen molar-refractivity contribution in [3.8, 4) is 91.4 Å². The molecule has 0 saturated heterocycles. The van der Waals surface area contributed by atoms with Gasteiger partial charge in [-0.3, -0.25) is 0 Å². The maximum Gasteiger partial charge on any atom is 0.188 e. The van der Waals surface area contributed by atoms with Gasteiger partial charge in [0.05, 0.1) is 52.6 Å². The van der Waals surface area contributed by atoms with E-state index >= 15 is 0 Å². The minimum atomic E-state index is -3.02. The van der Waals surface area contributed by atoms with Crippen LogP contribution < -0.4 is 20.7 Å². The molecule has 0 unspecified atom stereocenters. The number of nitrogens with zero attached hydrogens (tertiary/aromatic N) is 8. The Morgan fingerprint density at radius 3 is 1.28 bits per heavy atom. The summed E-state index contributed by atoms with van der Waals surface area (Å²) < 4.78 is 2.28. The van der Waals surface area contributed by atoms with E-state index in [2.05, 4.69) is 185 Å². The summed E-state index contributed by atoms with van der Waals surface area (Å²) in [4.78, 5) is 19.2. The third-order valence-corrected chi connectivity index (χ3v) is 20.1. The molecule has 82 heavy (non-hydrogen) atoms. The maximum absolute atomic E-state index is 10.5. The average molecular weight is 1060 g/mol. The topological polar surface area (TPSA) is 119 Å². The number of rotatable bonds is 11. The van der Waals surface area contributed by atoms with Gasteiger partial charge in [0.25, 0.3) is 0 Å². The Kier molecular flexibility index (Phi) is 13.0. The summed E-state index contributed by atoms with van der Waals surface area (Å²) in [6, 6.07) is 97.9. The van der Waals surface area contributed by atoms with Gasteiger partial charge in [0, 0.05) is 38.6 Å². The number of aromatic nitrogens is 4. The number of hydrogen-bond acceptors (Lipinski definition) is 6. The molecule has 2 aromatic heterocycles. The van der Waals surface area contributed by atoms with E-state index in [-0.39, 0.29) is 0 Å². The molecule has 2 heterocycles. The van der Waals surface area contributed by atoms with Crippen LogP contribution in [0.1, 0.15) is 16.7 Å². The van der Waals surface area contributed by atoms with Crippen molar-refractivity contribution in [1.29, 1.82) is 15.8 Å². The van der Waals surface area contributed by atoms with Gasteiger partial charge < -0.3 is 4.57 Å². The Balaban J connectivity index is 1.14. The van der Waals surface area contributed by atoms with Crippen molar-refractivity contribution >= 4 is 56.3 Å². The van der Waals surface area contributed by atoms with Crippen molar-refractivity contribution in [2.75, 3.05) is 0 Å². The van der Waals surface area contributed by atoms with Crippen LogP contribution >= 0.6 is 0 Å². The summed E-state index contributed by atoms with van der Waals surface area (Å²) in [6.07, 6.45) is 0. The van der Waals surface area contributed by atoms with E-state index in [4.69, 9.17) is 21.5 Å². The lowest BCUT2D eigenvalue weighted by Crippen LogP contribution is -2.74. The molecule has 0 N–H and O–H groups in total. The second-order valence-electron chi connectivity index (χ2n) is 19.9. The van der Waals surface area contributed by atoms with E-state index < -0.39 is 8.07 Å². The monoisotopic (exact) mass is 1060 g/mol. The Morgan fingerprint density at radius 2 is 0.780 bits per heavy atom. The predicted octanol–water partition coefficient (Wildman–Crippen LogP) is 14.5. The highest BCUT2D eigenvalue weighted by molar-refractivity contribution is 7.19. The third-order valence-electron chi connectivity index (χ3n) is 15.3. The maximum atomic E-state index is 10.5. The normalized spacial score (nSPS) is 11.1. The first kappa shape index (κ1) is 49.9. The molecule has 0 amide bonds. The lowest BCUT2D eigenvalue weighted by atomic mass is 9.96. The summed E-state index contributed by atoms with van der Waals surface area (Å²) >= 11 is 0. The van der Waals surface area contributed by atoms with Crippen LogP contribution in [-0.4, -0.2) is 27.6 Å². The highest BCUT2D eigenvalue weighted by atomic mass is 28.3. The third kappa shape index (κ3) is 8.85. The van der Waals surface area contributed by atoms with Crippen LogP contribution in [0.4, 0.5) is 5.69 Å². The number of benzene rings is 11. The number of nitriles is 3. The van der Waals surface area contributed by atoms with Gasteiger partial charge in [-0.05, 0) is 85.0 Å². The molecule has 0 fully saturated rings. The van der Waals surface area contributed by atoms with E-state index in [1.54, 1.807) is 24.3 Å². The van der Waals surface area contributed by atoms with Gasteiger partial charge in [0.2, 0.25) is 0 Å². The summed E-state index contributed by atoms with van der Waals surface area (Å²) in [7, 11) is -3.02. The van der Waals surface area contributed by atoms with Crippen LogP contribution in [0.5, 0.6) is 0 Å². The Bertz CT molecular complexity index is 4500. The summed E-state index contributed by atoms with van der Waals surface area (Å²) in [5.41, 5.74) is 11.4. The summed E-state index contributed by atoms with van der Waals surface area (Å²) in [5, 5.41) is 37.8.